The van der Waals surface area contributed by atoms with Crippen molar-refractivity contribution in [3.8, 4) is 11.4 Å². The van der Waals surface area contributed by atoms with Crippen LogP contribution in [0.1, 0.15) is 34.0 Å². The number of para-hydroxylation sites is 1. The zero-order valence-corrected chi connectivity index (χ0v) is 19.1. The fourth-order valence-electron chi connectivity index (χ4n) is 4.55. The van der Waals surface area contributed by atoms with Crippen LogP contribution in [0.25, 0.3) is 5.69 Å². The van der Waals surface area contributed by atoms with Crippen molar-refractivity contribution in [2.75, 3.05) is 12.4 Å². The molecule has 0 spiro atoms. The average molecular weight is 438 g/mol. The molecule has 2 heterocycles. The van der Waals surface area contributed by atoms with E-state index < -0.39 is 0 Å². The predicted octanol–water partition coefficient (Wildman–Crippen LogP) is 6.24. The number of carbonyl (C=O) groups is 1. The first-order valence-corrected chi connectivity index (χ1v) is 11.1. The summed E-state index contributed by atoms with van der Waals surface area (Å²) in [7, 11) is 1.62. The van der Waals surface area contributed by atoms with Crippen LogP contribution in [0.2, 0.25) is 0 Å². The summed E-state index contributed by atoms with van der Waals surface area (Å²) in [5, 5.41) is 3.12. The summed E-state index contributed by atoms with van der Waals surface area (Å²) in [6.45, 7) is 4.56. The van der Waals surface area contributed by atoms with Crippen molar-refractivity contribution in [2.24, 2.45) is 0 Å². The Morgan fingerprint density at radius 3 is 2.48 bits per heavy atom. The zero-order valence-electron chi connectivity index (χ0n) is 19.1. The topological polar surface area (TPSA) is 46.5 Å². The van der Waals surface area contributed by atoms with Crippen LogP contribution in [0.3, 0.4) is 0 Å². The van der Waals surface area contributed by atoms with Gasteiger partial charge in [0.25, 0.3) is 0 Å². The van der Waals surface area contributed by atoms with Gasteiger partial charge in [0.05, 0.1) is 31.1 Å². The van der Waals surface area contributed by atoms with Crippen LogP contribution in [-0.4, -0.2) is 22.6 Å². The van der Waals surface area contributed by atoms with Gasteiger partial charge in [0, 0.05) is 11.9 Å². The third-order valence-corrected chi connectivity index (χ3v) is 6.21. The summed E-state index contributed by atoms with van der Waals surface area (Å²) >= 11 is 0. The van der Waals surface area contributed by atoms with E-state index in [0.717, 1.165) is 28.1 Å². The maximum absolute atomic E-state index is 13.8. The van der Waals surface area contributed by atoms with Gasteiger partial charge in [-0.25, -0.2) is 4.79 Å². The quantitative estimate of drug-likeness (QED) is 0.412. The molecule has 1 aromatic heterocycles. The predicted molar refractivity (Wildman–Crippen MR) is 131 cm³/mol. The van der Waals surface area contributed by atoms with Gasteiger partial charge in [-0.15, -0.1) is 0 Å². The van der Waals surface area contributed by atoms with Gasteiger partial charge in [0.15, 0.2) is 0 Å². The second kappa shape index (κ2) is 8.51. The number of hydrogen-bond donors (Lipinski definition) is 1. The summed E-state index contributed by atoms with van der Waals surface area (Å²) in [5.74, 6) is 0.638. The van der Waals surface area contributed by atoms with E-state index in [2.05, 4.69) is 65.5 Å². The third kappa shape index (κ3) is 3.87. The van der Waals surface area contributed by atoms with Gasteiger partial charge in [-0.2, -0.15) is 0 Å². The molecule has 3 aromatic carbocycles. The molecule has 0 saturated carbocycles. The highest BCUT2D eigenvalue weighted by molar-refractivity contribution is 5.92. The molecule has 5 heteroatoms. The van der Waals surface area contributed by atoms with E-state index in [-0.39, 0.29) is 12.1 Å². The molecule has 33 heavy (non-hydrogen) atoms. The average Bonchev–Trinajstić information content (AvgIpc) is 3.24. The number of anilines is 1. The molecule has 0 saturated heterocycles. The highest BCUT2D eigenvalue weighted by Gasteiger charge is 2.33. The van der Waals surface area contributed by atoms with Crippen LogP contribution >= 0.6 is 0 Å². The molecular weight excluding hydrogens is 410 g/mol. The minimum atomic E-state index is -0.246. The van der Waals surface area contributed by atoms with E-state index in [0.29, 0.717) is 18.0 Å². The standard InChI is InChI=1S/C28H27N3O2/c1-19-10-13-21(14-11-19)27-25-9-6-16-30(25)24-8-5-4-7-22(24)18-31(27)28(32)29-23-17-20(2)12-15-26(23)33-3/h4-17,27H,18H2,1-3H3,(H,29,32)/t27-/m0/s1. The van der Waals surface area contributed by atoms with Crippen molar-refractivity contribution in [3.05, 3.63) is 113 Å². The molecule has 4 aromatic rings. The van der Waals surface area contributed by atoms with Crippen molar-refractivity contribution in [1.82, 2.24) is 9.47 Å². The Morgan fingerprint density at radius 1 is 0.939 bits per heavy atom. The summed E-state index contributed by atoms with van der Waals surface area (Å²) in [6.07, 6.45) is 2.07. The molecule has 1 aliphatic rings. The van der Waals surface area contributed by atoms with Gasteiger partial charge in [-0.05, 0) is 60.9 Å². The van der Waals surface area contributed by atoms with Gasteiger partial charge in [-0.3, -0.25) is 0 Å². The molecule has 0 bridgehead atoms. The number of aryl methyl sites for hydroxylation is 2. The third-order valence-electron chi connectivity index (χ3n) is 6.21. The molecule has 166 valence electrons. The lowest BCUT2D eigenvalue weighted by Gasteiger charge is -2.31. The SMILES string of the molecule is COc1ccc(C)cc1NC(=O)N1Cc2ccccc2-n2cccc2[C@@H]1c1ccc(C)cc1. The monoisotopic (exact) mass is 437 g/mol. The lowest BCUT2D eigenvalue weighted by Crippen LogP contribution is -2.38. The number of benzene rings is 3. The molecule has 1 N–H and O–H groups in total. The summed E-state index contributed by atoms with van der Waals surface area (Å²) in [4.78, 5) is 15.7. The molecule has 5 rings (SSSR count). The van der Waals surface area contributed by atoms with Gasteiger partial charge in [0.1, 0.15) is 5.75 Å². The number of nitrogens with one attached hydrogen (secondary N) is 1. The van der Waals surface area contributed by atoms with E-state index in [1.807, 2.05) is 48.2 Å². The number of rotatable bonds is 3. The van der Waals surface area contributed by atoms with Crippen LogP contribution in [-0.2, 0) is 6.54 Å². The van der Waals surface area contributed by atoms with Crippen LogP contribution < -0.4 is 10.1 Å². The number of hydrogen-bond acceptors (Lipinski definition) is 2. The normalized spacial score (nSPS) is 14.8. The van der Waals surface area contributed by atoms with Crippen molar-refractivity contribution in [2.45, 2.75) is 26.4 Å². The number of amides is 2. The first-order chi connectivity index (χ1) is 16.0. The Morgan fingerprint density at radius 2 is 1.70 bits per heavy atom. The van der Waals surface area contributed by atoms with Gasteiger partial charge in [-0.1, -0.05) is 54.1 Å². The van der Waals surface area contributed by atoms with Gasteiger partial charge in [0.2, 0.25) is 0 Å². The number of urea groups is 1. The molecule has 1 aliphatic heterocycles. The second-order valence-corrected chi connectivity index (χ2v) is 8.51. The summed E-state index contributed by atoms with van der Waals surface area (Å²) in [5.41, 5.74) is 7.21. The second-order valence-electron chi connectivity index (χ2n) is 8.51. The maximum atomic E-state index is 13.8. The Bertz CT molecular complexity index is 1310. The molecular formula is C28H27N3O2. The lowest BCUT2D eigenvalue weighted by molar-refractivity contribution is 0.194. The number of nitrogens with zero attached hydrogens (tertiary/aromatic N) is 2. The zero-order chi connectivity index (χ0) is 22.9. The molecule has 2 amide bonds. The molecule has 5 nitrogen and oxygen atoms in total. The Balaban J connectivity index is 1.63. The summed E-state index contributed by atoms with van der Waals surface area (Å²) < 4.78 is 7.70. The van der Waals surface area contributed by atoms with E-state index in [1.165, 1.54) is 5.56 Å². The Labute approximate surface area is 194 Å². The highest BCUT2D eigenvalue weighted by atomic mass is 16.5. The van der Waals surface area contributed by atoms with E-state index in [4.69, 9.17) is 4.74 Å². The smallest absolute Gasteiger partial charge is 0.323 e. The van der Waals surface area contributed by atoms with Gasteiger partial charge < -0.3 is 19.5 Å². The maximum Gasteiger partial charge on any atom is 0.323 e. The van der Waals surface area contributed by atoms with E-state index in [1.54, 1.807) is 7.11 Å². The fourth-order valence-corrected chi connectivity index (χ4v) is 4.55. The lowest BCUT2D eigenvalue weighted by atomic mass is 10.0. The first-order valence-electron chi connectivity index (χ1n) is 11.1. The number of aromatic nitrogens is 1. The summed E-state index contributed by atoms with van der Waals surface area (Å²) in [6, 6.07) is 26.2. The number of carbonyl (C=O) groups excluding carboxylic acids is 1. The molecule has 0 radical (unpaired) electrons. The van der Waals surface area contributed by atoms with Gasteiger partial charge >= 0.3 is 6.03 Å². The largest absolute Gasteiger partial charge is 0.495 e. The minimum Gasteiger partial charge on any atom is -0.495 e. The first kappa shape index (κ1) is 20.9. The number of methoxy groups -OCH3 is 1. The Hall–Kier alpha value is -3.99. The Kier molecular flexibility index (Phi) is 5.38. The van der Waals surface area contributed by atoms with E-state index >= 15 is 0 Å². The van der Waals surface area contributed by atoms with E-state index in [9.17, 15) is 4.79 Å². The highest BCUT2D eigenvalue weighted by Crippen LogP contribution is 2.37. The van der Waals surface area contributed by atoms with Crippen LogP contribution in [0.5, 0.6) is 5.75 Å². The molecule has 0 fully saturated rings. The molecule has 0 aliphatic carbocycles. The van der Waals surface area contributed by atoms with Crippen LogP contribution in [0.15, 0.2) is 85.1 Å². The van der Waals surface area contributed by atoms with Crippen LogP contribution in [0, 0.1) is 13.8 Å². The van der Waals surface area contributed by atoms with Crippen molar-refractivity contribution in [3.63, 3.8) is 0 Å². The molecule has 0 unspecified atom stereocenters. The van der Waals surface area contributed by atoms with Crippen molar-refractivity contribution >= 4 is 11.7 Å². The minimum absolute atomic E-state index is 0.172. The van der Waals surface area contributed by atoms with Crippen molar-refractivity contribution < 1.29 is 9.53 Å². The molecule has 1 atom stereocenters. The van der Waals surface area contributed by atoms with Crippen LogP contribution in [0.4, 0.5) is 10.5 Å². The number of fused-ring (bicyclic) bond motifs is 3. The fraction of sp³-hybridized carbons (Fsp3) is 0.179. The van der Waals surface area contributed by atoms with Crippen molar-refractivity contribution in [1.29, 1.82) is 0 Å². The number of ether oxygens (including phenoxy) is 1.